The van der Waals surface area contributed by atoms with E-state index in [0.29, 0.717) is 15.7 Å². The smallest absolute Gasteiger partial charge is 0.0916 e. The van der Waals surface area contributed by atoms with E-state index >= 15 is 0 Å². The monoisotopic (exact) mass is 308 g/mol. The highest BCUT2D eigenvalue weighted by Crippen LogP contribution is 2.41. The first kappa shape index (κ1) is 14.8. The fourth-order valence-electron chi connectivity index (χ4n) is 2.89. The Morgan fingerprint density at radius 1 is 1.10 bits per heavy atom. The summed E-state index contributed by atoms with van der Waals surface area (Å²) in [7, 11) is 0. The Bertz CT molecular complexity index is 441. The summed E-state index contributed by atoms with van der Waals surface area (Å²) in [6.45, 7) is 4.57. The number of aliphatic hydroxyl groups excluding tert-OH is 1. The minimum absolute atomic E-state index is 0.321. The molecule has 0 amide bonds. The lowest BCUT2D eigenvalue weighted by atomic mass is 9.80. The first-order valence-corrected chi connectivity index (χ1v) is 9.69. The molecule has 1 nitrogen and oxygen atoms in total. The van der Waals surface area contributed by atoms with Crippen LogP contribution in [-0.2, 0) is 0 Å². The Kier molecular flexibility index (Phi) is 4.68. The van der Waals surface area contributed by atoms with Crippen LogP contribution < -0.4 is 0 Å². The molecule has 110 valence electrons. The third kappa shape index (κ3) is 3.05. The van der Waals surface area contributed by atoms with E-state index in [0.717, 1.165) is 17.2 Å². The normalized spacial score (nSPS) is 32.6. The number of hydrogen-bond donors (Lipinski definition) is 1. The molecule has 1 aliphatic carbocycles. The van der Waals surface area contributed by atoms with Gasteiger partial charge in [0.2, 0.25) is 0 Å². The van der Waals surface area contributed by atoms with Crippen LogP contribution in [0.3, 0.4) is 0 Å². The molecule has 2 aliphatic rings. The average molecular weight is 309 g/mol. The molecule has 4 atom stereocenters. The van der Waals surface area contributed by atoms with E-state index in [1.54, 1.807) is 0 Å². The summed E-state index contributed by atoms with van der Waals surface area (Å²) in [4.78, 5) is 0. The minimum atomic E-state index is -0.321. The van der Waals surface area contributed by atoms with Crippen molar-refractivity contribution >= 4 is 23.5 Å². The Morgan fingerprint density at radius 2 is 1.80 bits per heavy atom. The largest absolute Gasteiger partial charge is 0.387 e. The molecule has 0 bridgehead atoms. The van der Waals surface area contributed by atoms with E-state index in [4.69, 9.17) is 0 Å². The number of thioether (sulfide) groups is 2. The van der Waals surface area contributed by atoms with Gasteiger partial charge in [-0.2, -0.15) is 23.5 Å². The van der Waals surface area contributed by atoms with Gasteiger partial charge >= 0.3 is 0 Å². The number of benzene rings is 1. The predicted octanol–water partition coefficient (Wildman–Crippen LogP) is 4.61. The van der Waals surface area contributed by atoms with Gasteiger partial charge in [-0.05, 0) is 29.9 Å². The predicted molar refractivity (Wildman–Crippen MR) is 90.8 cm³/mol. The van der Waals surface area contributed by atoms with Crippen molar-refractivity contribution < 1.29 is 5.11 Å². The fourth-order valence-corrected chi connectivity index (χ4v) is 5.90. The van der Waals surface area contributed by atoms with Crippen LogP contribution in [0.5, 0.6) is 0 Å². The number of rotatable bonds is 3. The summed E-state index contributed by atoms with van der Waals surface area (Å²) >= 11 is 3.95. The van der Waals surface area contributed by atoms with E-state index in [9.17, 15) is 5.11 Å². The van der Waals surface area contributed by atoms with Crippen LogP contribution in [0.4, 0.5) is 0 Å². The van der Waals surface area contributed by atoms with Crippen molar-refractivity contribution in [1.82, 2.24) is 0 Å². The Morgan fingerprint density at radius 3 is 2.35 bits per heavy atom. The zero-order chi connectivity index (χ0) is 14.1. The first-order chi connectivity index (χ1) is 9.65. The highest BCUT2D eigenvalue weighted by Gasteiger charge is 2.31. The van der Waals surface area contributed by atoms with Crippen molar-refractivity contribution in [1.29, 1.82) is 0 Å². The topological polar surface area (TPSA) is 20.2 Å². The van der Waals surface area contributed by atoms with Crippen molar-refractivity contribution in [2.75, 3.05) is 5.75 Å². The lowest BCUT2D eigenvalue weighted by molar-refractivity contribution is 0.180. The third-order valence-electron chi connectivity index (χ3n) is 4.78. The molecule has 3 rings (SSSR count). The van der Waals surface area contributed by atoms with E-state index < -0.39 is 0 Å². The zero-order valence-corrected chi connectivity index (χ0v) is 13.9. The zero-order valence-electron chi connectivity index (χ0n) is 12.3. The second kappa shape index (κ2) is 6.33. The molecule has 1 N–H and O–H groups in total. The SMILES string of the molecule is CC1SCC(C(O)c2ccc(C3CCC3)cc2)SC1C. The van der Waals surface area contributed by atoms with Crippen LogP contribution in [0, 0.1) is 0 Å². The number of hydrogen-bond acceptors (Lipinski definition) is 3. The first-order valence-electron chi connectivity index (χ1n) is 7.70. The van der Waals surface area contributed by atoms with Crippen LogP contribution in [0.25, 0.3) is 0 Å². The summed E-state index contributed by atoms with van der Waals surface area (Å²) < 4.78 is 0. The van der Waals surface area contributed by atoms with Gasteiger partial charge in [0.25, 0.3) is 0 Å². The fraction of sp³-hybridized carbons (Fsp3) is 0.647. The maximum Gasteiger partial charge on any atom is 0.0916 e. The maximum atomic E-state index is 10.6. The number of aliphatic hydroxyl groups is 1. The standard InChI is InChI=1S/C17H24OS2/c1-11-12(2)20-16(10-19-11)17(18)15-8-6-14(7-9-15)13-4-3-5-13/h6-9,11-13,16-18H,3-5,10H2,1-2H3. The van der Waals surface area contributed by atoms with Crippen LogP contribution in [0.15, 0.2) is 24.3 Å². The van der Waals surface area contributed by atoms with Gasteiger partial charge in [0.05, 0.1) is 6.10 Å². The van der Waals surface area contributed by atoms with E-state index in [1.165, 1.54) is 24.8 Å². The lowest BCUT2D eigenvalue weighted by Gasteiger charge is -2.34. The lowest BCUT2D eigenvalue weighted by Crippen LogP contribution is -2.30. The van der Waals surface area contributed by atoms with Crippen molar-refractivity contribution in [2.24, 2.45) is 0 Å². The average Bonchev–Trinajstić information content (AvgIpc) is 2.40. The van der Waals surface area contributed by atoms with E-state index in [1.807, 2.05) is 23.5 Å². The molecule has 4 unspecified atom stereocenters. The molecule has 3 heteroatoms. The molecule has 2 fully saturated rings. The Balaban J connectivity index is 1.65. The van der Waals surface area contributed by atoms with Gasteiger partial charge in [-0.25, -0.2) is 0 Å². The maximum absolute atomic E-state index is 10.6. The van der Waals surface area contributed by atoms with Gasteiger partial charge in [0.15, 0.2) is 0 Å². The second-order valence-electron chi connectivity index (χ2n) is 6.16. The van der Waals surface area contributed by atoms with Crippen molar-refractivity contribution in [2.45, 2.75) is 60.9 Å². The van der Waals surface area contributed by atoms with E-state index in [2.05, 4.69) is 38.1 Å². The molecular formula is C17H24OS2. The Hall–Kier alpha value is -0.120. The molecule has 0 spiro atoms. The molecule has 1 aromatic rings. The van der Waals surface area contributed by atoms with E-state index in [-0.39, 0.29) is 6.10 Å². The molecule has 1 saturated carbocycles. The van der Waals surface area contributed by atoms with Gasteiger partial charge in [-0.3, -0.25) is 0 Å². The summed E-state index contributed by atoms with van der Waals surface area (Å²) in [6, 6.07) is 8.75. The molecule has 1 aliphatic heterocycles. The van der Waals surface area contributed by atoms with Crippen LogP contribution >= 0.6 is 23.5 Å². The van der Waals surface area contributed by atoms with Crippen LogP contribution in [0.1, 0.15) is 56.3 Å². The van der Waals surface area contributed by atoms with Gasteiger partial charge in [-0.1, -0.05) is 44.5 Å². The van der Waals surface area contributed by atoms with Crippen molar-refractivity contribution in [3.05, 3.63) is 35.4 Å². The Labute approximate surface area is 130 Å². The minimum Gasteiger partial charge on any atom is -0.387 e. The molecule has 20 heavy (non-hydrogen) atoms. The van der Waals surface area contributed by atoms with Gasteiger partial charge < -0.3 is 5.11 Å². The second-order valence-corrected chi connectivity index (χ2v) is 9.19. The van der Waals surface area contributed by atoms with Crippen LogP contribution in [-0.4, -0.2) is 26.6 Å². The van der Waals surface area contributed by atoms with Gasteiger partial charge in [-0.15, -0.1) is 0 Å². The summed E-state index contributed by atoms with van der Waals surface area (Å²) in [6.07, 6.45) is 3.73. The highest BCUT2D eigenvalue weighted by molar-refractivity contribution is 8.07. The molecular weight excluding hydrogens is 284 g/mol. The summed E-state index contributed by atoms with van der Waals surface area (Å²) in [5.74, 6) is 1.84. The summed E-state index contributed by atoms with van der Waals surface area (Å²) in [5, 5.41) is 12.3. The highest BCUT2D eigenvalue weighted by atomic mass is 32.2. The third-order valence-corrected chi connectivity index (χ3v) is 8.26. The molecule has 0 radical (unpaired) electrons. The van der Waals surface area contributed by atoms with Crippen molar-refractivity contribution in [3.63, 3.8) is 0 Å². The molecule has 0 aromatic heterocycles. The molecule has 1 saturated heterocycles. The quantitative estimate of drug-likeness (QED) is 0.880. The summed E-state index contributed by atoms with van der Waals surface area (Å²) in [5.41, 5.74) is 2.55. The van der Waals surface area contributed by atoms with Crippen molar-refractivity contribution in [3.8, 4) is 0 Å². The van der Waals surface area contributed by atoms with Gasteiger partial charge in [0.1, 0.15) is 0 Å². The van der Waals surface area contributed by atoms with Crippen LogP contribution in [0.2, 0.25) is 0 Å². The molecule has 1 aromatic carbocycles. The van der Waals surface area contributed by atoms with Gasteiger partial charge in [0, 0.05) is 21.5 Å². The molecule has 1 heterocycles.